The summed E-state index contributed by atoms with van der Waals surface area (Å²) in [4.78, 5) is 10.4. The Kier molecular flexibility index (Phi) is 0.999. The van der Waals surface area contributed by atoms with Crippen molar-refractivity contribution < 1.29 is 4.79 Å². The molecule has 1 aliphatic carbocycles. The second kappa shape index (κ2) is 1.44. The maximum Gasteiger partial charge on any atom is 0.134 e. The first-order chi connectivity index (χ1) is 3.66. The van der Waals surface area contributed by atoms with Crippen LogP contribution >= 0.6 is 0 Å². The van der Waals surface area contributed by atoms with E-state index in [9.17, 15) is 4.79 Å². The molecule has 1 rings (SSSR count). The van der Waals surface area contributed by atoms with Crippen molar-refractivity contribution in [3.63, 3.8) is 0 Å². The second-order valence-corrected chi connectivity index (χ2v) is 2.75. The van der Waals surface area contributed by atoms with Crippen molar-refractivity contribution in [2.75, 3.05) is 0 Å². The van der Waals surface area contributed by atoms with E-state index < -0.39 is 0 Å². The Morgan fingerprint density at radius 2 is 2.25 bits per heavy atom. The monoisotopic (exact) mass is 110 g/mol. The molecule has 0 atom stereocenters. The average Bonchev–Trinajstić information content (AvgIpc) is 1.63. The Balaban J connectivity index is 2.52. The molecule has 1 aliphatic rings. The van der Waals surface area contributed by atoms with Gasteiger partial charge in [-0.3, -0.25) is 4.79 Å². The van der Waals surface area contributed by atoms with Crippen LogP contribution in [0.1, 0.15) is 19.8 Å². The number of Topliss-reactive ketones (excluding diaryl/α,β-unsaturated/α-hetero) is 1. The van der Waals surface area contributed by atoms with E-state index >= 15 is 0 Å². The van der Waals surface area contributed by atoms with Gasteiger partial charge in [0.25, 0.3) is 0 Å². The van der Waals surface area contributed by atoms with Crippen LogP contribution in [0.3, 0.4) is 0 Å². The van der Waals surface area contributed by atoms with E-state index in [-0.39, 0.29) is 5.41 Å². The number of allylic oxidation sites excluding steroid dienone is 1. The molecule has 0 spiro atoms. The van der Waals surface area contributed by atoms with Crippen molar-refractivity contribution >= 4 is 5.78 Å². The molecule has 44 valence electrons. The highest BCUT2D eigenvalue weighted by Crippen LogP contribution is 2.37. The van der Waals surface area contributed by atoms with Crippen LogP contribution in [0.2, 0.25) is 0 Å². The zero-order valence-electron chi connectivity index (χ0n) is 5.11. The fraction of sp³-hybridized carbons (Fsp3) is 0.571. The van der Waals surface area contributed by atoms with Crippen molar-refractivity contribution in [1.29, 1.82) is 0 Å². The van der Waals surface area contributed by atoms with Gasteiger partial charge in [-0.25, -0.2) is 0 Å². The van der Waals surface area contributed by atoms with Gasteiger partial charge in [-0.2, -0.15) is 0 Å². The molecule has 1 heteroatoms. The third kappa shape index (κ3) is 0.683. The van der Waals surface area contributed by atoms with Gasteiger partial charge in [-0.1, -0.05) is 13.0 Å². The van der Waals surface area contributed by atoms with Crippen LogP contribution in [0.25, 0.3) is 0 Å². The van der Waals surface area contributed by atoms with E-state index in [0.717, 1.165) is 0 Å². The van der Waals surface area contributed by atoms with Crippen LogP contribution < -0.4 is 0 Å². The molecule has 0 unspecified atom stereocenters. The van der Waals surface area contributed by atoms with Crippen LogP contribution in [-0.2, 0) is 4.79 Å². The summed E-state index contributed by atoms with van der Waals surface area (Å²) in [6, 6.07) is 0. The summed E-state index contributed by atoms with van der Waals surface area (Å²) < 4.78 is 0. The summed E-state index contributed by atoms with van der Waals surface area (Å²) in [7, 11) is 0. The Morgan fingerprint density at radius 1 is 1.75 bits per heavy atom. The molecule has 0 radical (unpaired) electrons. The zero-order valence-corrected chi connectivity index (χ0v) is 5.11. The third-order valence-corrected chi connectivity index (χ3v) is 1.69. The molecule has 0 bridgehead atoms. The second-order valence-electron chi connectivity index (χ2n) is 2.75. The normalized spacial score (nSPS) is 24.4. The smallest absolute Gasteiger partial charge is 0.134 e. The Hall–Kier alpha value is -0.590. The summed E-state index contributed by atoms with van der Waals surface area (Å²) >= 11 is 0. The Labute approximate surface area is 49.4 Å². The largest absolute Gasteiger partial charge is 0.300 e. The first-order valence-electron chi connectivity index (χ1n) is 2.82. The van der Waals surface area contributed by atoms with E-state index in [1.165, 1.54) is 0 Å². The minimum absolute atomic E-state index is 0.150. The lowest BCUT2D eigenvalue weighted by atomic mass is 9.70. The number of carbonyl (C=O) groups is 1. The van der Waals surface area contributed by atoms with Crippen LogP contribution in [0.15, 0.2) is 12.7 Å². The Bertz CT molecular complexity index is 127. The fourth-order valence-corrected chi connectivity index (χ4v) is 0.993. The minimum atomic E-state index is 0.150. The van der Waals surface area contributed by atoms with Gasteiger partial charge >= 0.3 is 0 Å². The lowest BCUT2D eigenvalue weighted by Crippen LogP contribution is -2.32. The first kappa shape index (κ1) is 5.54. The standard InChI is InChI=1S/C7H10O/c1-3-7(2)4-6(8)5-7/h3H,1,4-5H2,2H3. The molecule has 0 heterocycles. The molecule has 0 aromatic heterocycles. The van der Waals surface area contributed by atoms with Gasteiger partial charge in [0, 0.05) is 12.8 Å². The molecule has 0 aromatic carbocycles. The van der Waals surface area contributed by atoms with E-state index in [2.05, 4.69) is 13.5 Å². The van der Waals surface area contributed by atoms with Gasteiger partial charge < -0.3 is 0 Å². The summed E-state index contributed by atoms with van der Waals surface area (Å²) in [5.74, 6) is 0.368. The number of carbonyl (C=O) groups excluding carboxylic acids is 1. The predicted molar refractivity (Wildman–Crippen MR) is 32.5 cm³/mol. The maximum absolute atomic E-state index is 10.4. The molecule has 0 aliphatic heterocycles. The van der Waals surface area contributed by atoms with Crippen LogP contribution in [0.5, 0.6) is 0 Å². The van der Waals surface area contributed by atoms with Gasteiger partial charge in [-0.05, 0) is 5.41 Å². The zero-order chi connectivity index (χ0) is 6.20. The molecule has 1 nitrogen and oxygen atoms in total. The number of ketones is 1. The lowest BCUT2D eigenvalue weighted by Gasteiger charge is -2.33. The summed E-state index contributed by atoms with van der Waals surface area (Å²) in [5, 5.41) is 0. The van der Waals surface area contributed by atoms with Crippen molar-refractivity contribution in [2.24, 2.45) is 5.41 Å². The van der Waals surface area contributed by atoms with E-state index in [1.54, 1.807) is 0 Å². The third-order valence-electron chi connectivity index (χ3n) is 1.69. The SMILES string of the molecule is C=CC1(C)CC(=O)C1. The maximum atomic E-state index is 10.4. The van der Waals surface area contributed by atoms with Crippen LogP contribution in [0, 0.1) is 5.41 Å². The van der Waals surface area contributed by atoms with E-state index in [4.69, 9.17) is 0 Å². The van der Waals surface area contributed by atoms with Crippen molar-refractivity contribution in [3.8, 4) is 0 Å². The molecule has 0 saturated heterocycles. The highest BCUT2D eigenvalue weighted by Gasteiger charge is 2.35. The lowest BCUT2D eigenvalue weighted by molar-refractivity contribution is -0.129. The van der Waals surface area contributed by atoms with Gasteiger partial charge in [0.1, 0.15) is 5.78 Å². The minimum Gasteiger partial charge on any atom is -0.300 e. The van der Waals surface area contributed by atoms with Crippen molar-refractivity contribution in [1.82, 2.24) is 0 Å². The molecular formula is C7H10O. The molecule has 0 N–H and O–H groups in total. The summed E-state index contributed by atoms with van der Waals surface area (Å²) in [6.45, 7) is 5.69. The topological polar surface area (TPSA) is 17.1 Å². The quantitative estimate of drug-likeness (QED) is 0.468. The van der Waals surface area contributed by atoms with Crippen molar-refractivity contribution in [3.05, 3.63) is 12.7 Å². The van der Waals surface area contributed by atoms with E-state index in [0.29, 0.717) is 18.6 Å². The van der Waals surface area contributed by atoms with Gasteiger partial charge in [0.05, 0.1) is 0 Å². The molecule has 0 amide bonds. The molecule has 8 heavy (non-hydrogen) atoms. The molecule has 1 fully saturated rings. The van der Waals surface area contributed by atoms with E-state index in [1.807, 2.05) is 6.08 Å². The number of hydrogen-bond acceptors (Lipinski definition) is 1. The number of hydrogen-bond donors (Lipinski definition) is 0. The van der Waals surface area contributed by atoms with Gasteiger partial charge in [0.15, 0.2) is 0 Å². The summed E-state index contributed by atoms with van der Waals surface area (Å²) in [6.07, 6.45) is 3.28. The van der Waals surface area contributed by atoms with Gasteiger partial charge in [0.2, 0.25) is 0 Å². The average molecular weight is 110 g/mol. The Morgan fingerprint density at radius 3 is 2.38 bits per heavy atom. The van der Waals surface area contributed by atoms with Gasteiger partial charge in [-0.15, -0.1) is 6.58 Å². The van der Waals surface area contributed by atoms with Crippen molar-refractivity contribution in [2.45, 2.75) is 19.8 Å². The molecule has 0 aromatic rings. The molecular weight excluding hydrogens is 100 g/mol. The van der Waals surface area contributed by atoms with Crippen LogP contribution in [-0.4, -0.2) is 5.78 Å². The highest BCUT2D eigenvalue weighted by atomic mass is 16.1. The highest BCUT2D eigenvalue weighted by molar-refractivity contribution is 5.86. The fourth-order valence-electron chi connectivity index (χ4n) is 0.993. The number of rotatable bonds is 1. The summed E-state index contributed by atoms with van der Waals surface area (Å²) in [5.41, 5.74) is 0.150. The van der Waals surface area contributed by atoms with Crippen LogP contribution in [0.4, 0.5) is 0 Å². The molecule has 1 saturated carbocycles. The first-order valence-corrected chi connectivity index (χ1v) is 2.82. The predicted octanol–water partition coefficient (Wildman–Crippen LogP) is 1.54.